The summed E-state index contributed by atoms with van der Waals surface area (Å²) in [6, 6.07) is 5.33. The first-order valence-electron chi connectivity index (χ1n) is 6.85. The van der Waals surface area contributed by atoms with Crippen LogP contribution in [0.25, 0.3) is 22.2 Å². The third-order valence-corrected chi connectivity index (χ3v) is 4.20. The van der Waals surface area contributed by atoms with Crippen molar-refractivity contribution in [3.05, 3.63) is 41.4 Å². The largest absolute Gasteiger partial charge is 0.262 e. The molecule has 4 rings (SSSR count). The standard InChI is InChI=1S/C15H12ClFN4/c16-14-11(10-5-6-18-7-12(10)17)3-4-13-15(14)19-20-21(13)8-9-1-2-9/h3-7,9H,1-2,8H2. The second-order valence-electron chi connectivity index (χ2n) is 5.37. The summed E-state index contributed by atoms with van der Waals surface area (Å²) in [4.78, 5) is 3.76. The van der Waals surface area contributed by atoms with Crippen molar-refractivity contribution in [1.82, 2.24) is 20.0 Å². The smallest absolute Gasteiger partial charge is 0.149 e. The Labute approximate surface area is 125 Å². The lowest BCUT2D eigenvalue weighted by Gasteiger charge is -2.06. The van der Waals surface area contributed by atoms with E-state index in [2.05, 4.69) is 15.3 Å². The van der Waals surface area contributed by atoms with Crippen LogP contribution >= 0.6 is 11.6 Å². The first-order chi connectivity index (χ1) is 10.2. The molecule has 21 heavy (non-hydrogen) atoms. The van der Waals surface area contributed by atoms with Crippen molar-refractivity contribution in [2.24, 2.45) is 5.92 Å². The Morgan fingerprint density at radius 2 is 2.10 bits per heavy atom. The zero-order chi connectivity index (χ0) is 14.4. The predicted octanol–water partition coefficient (Wildman–Crippen LogP) is 3.70. The van der Waals surface area contributed by atoms with Crippen molar-refractivity contribution < 1.29 is 4.39 Å². The van der Waals surface area contributed by atoms with E-state index in [9.17, 15) is 4.39 Å². The van der Waals surface area contributed by atoms with Crippen molar-refractivity contribution in [2.45, 2.75) is 19.4 Å². The number of fused-ring (bicyclic) bond motifs is 1. The number of nitrogens with zero attached hydrogens (tertiary/aromatic N) is 4. The molecule has 1 saturated carbocycles. The van der Waals surface area contributed by atoms with Crippen LogP contribution in [0.2, 0.25) is 5.02 Å². The maximum Gasteiger partial charge on any atom is 0.149 e. The molecule has 0 saturated heterocycles. The second kappa shape index (κ2) is 4.77. The average molecular weight is 303 g/mol. The summed E-state index contributed by atoms with van der Waals surface area (Å²) >= 11 is 6.41. The summed E-state index contributed by atoms with van der Waals surface area (Å²) in [5.41, 5.74) is 2.55. The van der Waals surface area contributed by atoms with Gasteiger partial charge in [0.1, 0.15) is 11.3 Å². The Balaban J connectivity index is 1.85. The Hall–Kier alpha value is -2.01. The molecule has 2 aromatic heterocycles. The maximum absolute atomic E-state index is 13.9. The van der Waals surface area contributed by atoms with Gasteiger partial charge in [0.2, 0.25) is 0 Å². The fourth-order valence-electron chi connectivity index (χ4n) is 2.49. The summed E-state index contributed by atoms with van der Waals surface area (Å²) < 4.78 is 15.8. The van der Waals surface area contributed by atoms with Crippen molar-refractivity contribution >= 4 is 22.6 Å². The van der Waals surface area contributed by atoms with E-state index >= 15 is 0 Å². The van der Waals surface area contributed by atoms with E-state index in [1.165, 1.54) is 19.0 Å². The molecule has 0 bridgehead atoms. The molecular weight excluding hydrogens is 291 g/mol. The van der Waals surface area contributed by atoms with Gasteiger partial charge in [-0.3, -0.25) is 4.98 Å². The average Bonchev–Trinajstić information content (AvgIpc) is 3.20. The van der Waals surface area contributed by atoms with Gasteiger partial charge in [-0.1, -0.05) is 22.9 Å². The van der Waals surface area contributed by atoms with Crippen LogP contribution < -0.4 is 0 Å². The van der Waals surface area contributed by atoms with E-state index in [4.69, 9.17) is 11.6 Å². The molecule has 1 aromatic carbocycles. The monoisotopic (exact) mass is 302 g/mol. The second-order valence-corrected chi connectivity index (χ2v) is 5.74. The molecule has 4 nitrogen and oxygen atoms in total. The van der Waals surface area contributed by atoms with Gasteiger partial charge in [0.25, 0.3) is 0 Å². The first kappa shape index (κ1) is 12.7. The number of hydrogen-bond donors (Lipinski definition) is 0. The molecule has 106 valence electrons. The molecular formula is C15H12ClFN4. The Kier molecular flexibility index (Phi) is 2.89. The molecule has 0 atom stereocenters. The topological polar surface area (TPSA) is 43.6 Å². The van der Waals surface area contributed by atoms with Crippen LogP contribution in [-0.2, 0) is 6.54 Å². The number of aromatic nitrogens is 4. The zero-order valence-corrected chi connectivity index (χ0v) is 11.9. The van der Waals surface area contributed by atoms with E-state index in [1.54, 1.807) is 12.3 Å². The van der Waals surface area contributed by atoms with E-state index < -0.39 is 5.82 Å². The molecule has 0 aliphatic heterocycles. The fraction of sp³-hybridized carbons (Fsp3) is 0.267. The normalized spacial score (nSPS) is 14.8. The van der Waals surface area contributed by atoms with Crippen LogP contribution in [-0.4, -0.2) is 20.0 Å². The van der Waals surface area contributed by atoms with E-state index in [0.717, 1.165) is 12.1 Å². The molecule has 0 unspecified atom stereocenters. The maximum atomic E-state index is 13.9. The molecule has 0 spiro atoms. The SMILES string of the molecule is Fc1cnccc1-c1ccc2c(nnn2CC2CC2)c1Cl. The van der Waals surface area contributed by atoms with Crippen LogP contribution in [0.3, 0.4) is 0 Å². The summed E-state index contributed by atoms with van der Waals surface area (Å²) in [5, 5.41) is 8.76. The highest BCUT2D eigenvalue weighted by atomic mass is 35.5. The molecule has 3 aromatic rings. The fourth-order valence-corrected chi connectivity index (χ4v) is 2.79. The highest BCUT2D eigenvalue weighted by molar-refractivity contribution is 6.37. The van der Waals surface area contributed by atoms with Crippen LogP contribution in [0, 0.1) is 11.7 Å². The first-order valence-corrected chi connectivity index (χ1v) is 7.23. The van der Waals surface area contributed by atoms with Crippen molar-refractivity contribution in [2.75, 3.05) is 0 Å². The molecule has 1 aliphatic carbocycles. The summed E-state index contributed by atoms with van der Waals surface area (Å²) in [5.74, 6) is 0.301. The Morgan fingerprint density at radius 3 is 2.86 bits per heavy atom. The van der Waals surface area contributed by atoms with E-state index in [1.807, 2.05) is 16.8 Å². The molecule has 0 amide bonds. The number of halogens is 2. The van der Waals surface area contributed by atoms with E-state index in [0.29, 0.717) is 27.6 Å². The van der Waals surface area contributed by atoms with Crippen molar-refractivity contribution in [3.63, 3.8) is 0 Å². The summed E-state index contributed by atoms with van der Waals surface area (Å²) in [7, 11) is 0. The van der Waals surface area contributed by atoms with Crippen molar-refractivity contribution in [3.8, 4) is 11.1 Å². The minimum atomic E-state index is -0.399. The highest BCUT2D eigenvalue weighted by Gasteiger charge is 2.24. The Bertz CT molecular complexity index is 826. The molecule has 1 aliphatic rings. The molecule has 0 N–H and O–H groups in total. The zero-order valence-electron chi connectivity index (χ0n) is 11.1. The molecule has 0 radical (unpaired) electrons. The van der Waals surface area contributed by atoms with Gasteiger partial charge in [-0.2, -0.15) is 0 Å². The minimum absolute atomic E-state index is 0.399. The van der Waals surface area contributed by atoms with Crippen LogP contribution in [0.4, 0.5) is 4.39 Å². The van der Waals surface area contributed by atoms with Crippen LogP contribution in [0.5, 0.6) is 0 Å². The lowest BCUT2D eigenvalue weighted by Crippen LogP contribution is -2.01. The number of rotatable bonds is 3. The van der Waals surface area contributed by atoms with E-state index in [-0.39, 0.29) is 0 Å². The van der Waals surface area contributed by atoms with Gasteiger partial charge < -0.3 is 0 Å². The van der Waals surface area contributed by atoms with Crippen LogP contribution in [0.1, 0.15) is 12.8 Å². The minimum Gasteiger partial charge on any atom is -0.262 e. The van der Waals surface area contributed by atoms with Gasteiger partial charge in [-0.25, -0.2) is 9.07 Å². The number of benzene rings is 1. The van der Waals surface area contributed by atoms with Crippen molar-refractivity contribution in [1.29, 1.82) is 0 Å². The van der Waals surface area contributed by atoms with Gasteiger partial charge in [-0.15, -0.1) is 5.10 Å². The lowest BCUT2D eigenvalue weighted by molar-refractivity contribution is 0.559. The third kappa shape index (κ3) is 2.17. The highest BCUT2D eigenvalue weighted by Crippen LogP contribution is 2.36. The molecule has 6 heteroatoms. The van der Waals surface area contributed by atoms with Gasteiger partial charge in [0.05, 0.1) is 16.7 Å². The summed E-state index contributed by atoms with van der Waals surface area (Å²) in [6.07, 6.45) is 5.22. The quantitative estimate of drug-likeness (QED) is 0.741. The Morgan fingerprint density at radius 1 is 1.24 bits per heavy atom. The third-order valence-electron chi connectivity index (χ3n) is 3.82. The predicted molar refractivity (Wildman–Crippen MR) is 78.5 cm³/mol. The van der Waals surface area contributed by atoms with Gasteiger partial charge in [0.15, 0.2) is 0 Å². The summed E-state index contributed by atoms with van der Waals surface area (Å²) in [6.45, 7) is 0.871. The number of hydrogen-bond acceptors (Lipinski definition) is 3. The van der Waals surface area contributed by atoms with Gasteiger partial charge in [-0.05, 0) is 30.9 Å². The van der Waals surface area contributed by atoms with Crippen LogP contribution in [0.15, 0.2) is 30.6 Å². The van der Waals surface area contributed by atoms with Gasteiger partial charge in [0, 0.05) is 23.9 Å². The van der Waals surface area contributed by atoms with Gasteiger partial charge >= 0.3 is 0 Å². The number of pyridine rings is 1. The molecule has 2 heterocycles. The molecule has 1 fully saturated rings. The lowest BCUT2D eigenvalue weighted by atomic mass is 10.1.